The van der Waals surface area contributed by atoms with E-state index in [9.17, 15) is 0 Å². The van der Waals surface area contributed by atoms with Crippen LogP contribution in [0, 0.1) is 0 Å². The molecular formula is C15H22Cl2N2S. The second-order valence-electron chi connectivity index (χ2n) is 5.11. The molecule has 2 nitrogen and oxygen atoms in total. The summed E-state index contributed by atoms with van der Waals surface area (Å²) in [6.07, 6.45) is 2.62. The summed E-state index contributed by atoms with van der Waals surface area (Å²) in [5, 5.41) is 5.10. The van der Waals surface area contributed by atoms with E-state index in [1.165, 1.54) is 19.4 Å². The largest absolute Gasteiger partial charge is 0.313 e. The van der Waals surface area contributed by atoms with Crippen LogP contribution in [0.2, 0.25) is 10.0 Å². The van der Waals surface area contributed by atoms with Crippen molar-refractivity contribution < 1.29 is 0 Å². The summed E-state index contributed by atoms with van der Waals surface area (Å²) in [5.74, 6) is 1.04. The van der Waals surface area contributed by atoms with E-state index in [1.807, 2.05) is 18.2 Å². The zero-order valence-corrected chi connectivity index (χ0v) is 14.2. The molecule has 1 heterocycles. The van der Waals surface area contributed by atoms with Gasteiger partial charge in [0.15, 0.2) is 0 Å². The van der Waals surface area contributed by atoms with Crippen LogP contribution in [0.5, 0.6) is 0 Å². The third kappa shape index (κ3) is 5.12. The number of likely N-dealkylation sites (N-methyl/N-ethyl adjacent to an activating group) is 1. The van der Waals surface area contributed by atoms with Crippen molar-refractivity contribution in [2.45, 2.75) is 30.7 Å². The molecule has 1 aliphatic rings. The minimum atomic E-state index is 0.676. The van der Waals surface area contributed by atoms with Crippen LogP contribution in [0.4, 0.5) is 0 Å². The lowest BCUT2D eigenvalue weighted by Gasteiger charge is -2.24. The minimum Gasteiger partial charge on any atom is -0.313 e. The third-order valence-corrected chi connectivity index (χ3v) is 5.36. The Morgan fingerprint density at radius 2 is 2.25 bits per heavy atom. The number of halogens is 2. The summed E-state index contributed by atoms with van der Waals surface area (Å²) >= 11 is 14.0. The number of hydrogen-bond donors (Lipinski definition) is 1. The highest BCUT2D eigenvalue weighted by Crippen LogP contribution is 2.29. The molecule has 0 amide bonds. The molecule has 0 bridgehead atoms. The number of nitrogens with zero attached hydrogens (tertiary/aromatic N) is 1. The molecule has 0 radical (unpaired) electrons. The number of rotatable bonds is 7. The minimum absolute atomic E-state index is 0.676. The Kier molecular flexibility index (Phi) is 6.99. The highest BCUT2D eigenvalue weighted by atomic mass is 35.5. The summed E-state index contributed by atoms with van der Waals surface area (Å²) in [6.45, 7) is 6.74. The van der Waals surface area contributed by atoms with Crippen LogP contribution in [0.25, 0.3) is 0 Å². The Balaban J connectivity index is 1.76. The molecule has 1 unspecified atom stereocenters. The summed E-state index contributed by atoms with van der Waals surface area (Å²) in [5.41, 5.74) is 0. The van der Waals surface area contributed by atoms with Crippen molar-refractivity contribution >= 4 is 35.0 Å². The summed E-state index contributed by atoms with van der Waals surface area (Å²) in [6, 6.07) is 6.32. The van der Waals surface area contributed by atoms with Gasteiger partial charge in [0, 0.05) is 34.8 Å². The standard InChI is InChI=1S/C15H22Cl2N2S/c1-2-19(11-13-4-3-7-18-13)8-9-20-15-10-12(16)5-6-14(15)17/h5-6,10,13,18H,2-4,7-9,11H2,1H3. The SMILES string of the molecule is CCN(CCSc1cc(Cl)ccc1Cl)CC1CCCN1. The molecule has 112 valence electrons. The van der Waals surface area contributed by atoms with Gasteiger partial charge < -0.3 is 10.2 Å². The molecule has 1 atom stereocenters. The molecule has 1 aliphatic heterocycles. The molecule has 1 aromatic carbocycles. The average molecular weight is 333 g/mol. The Morgan fingerprint density at radius 1 is 1.40 bits per heavy atom. The Morgan fingerprint density at radius 3 is 2.95 bits per heavy atom. The van der Waals surface area contributed by atoms with Crippen LogP contribution in [0.15, 0.2) is 23.1 Å². The average Bonchev–Trinajstić information content (AvgIpc) is 2.94. The number of thioether (sulfide) groups is 1. The predicted molar refractivity (Wildman–Crippen MR) is 90.3 cm³/mol. The molecule has 1 saturated heterocycles. The Bertz CT molecular complexity index is 422. The van der Waals surface area contributed by atoms with Gasteiger partial charge in [-0.15, -0.1) is 11.8 Å². The fourth-order valence-corrected chi connectivity index (χ4v) is 3.98. The lowest BCUT2D eigenvalue weighted by Crippen LogP contribution is -2.38. The normalized spacial score (nSPS) is 18.9. The molecule has 0 saturated carbocycles. The van der Waals surface area contributed by atoms with E-state index in [4.69, 9.17) is 23.2 Å². The van der Waals surface area contributed by atoms with Crippen LogP contribution < -0.4 is 5.32 Å². The van der Waals surface area contributed by atoms with E-state index in [0.717, 1.165) is 40.3 Å². The van der Waals surface area contributed by atoms with Crippen molar-refractivity contribution in [3.05, 3.63) is 28.2 Å². The molecular weight excluding hydrogens is 311 g/mol. The van der Waals surface area contributed by atoms with E-state index in [-0.39, 0.29) is 0 Å². The second-order valence-corrected chi connectivity index (χ2v) is 7.09. The van der Waals surface area contributed by atoms with Gasteiger partial charge in [0.25, 0.3) is 0 Å². The van der Waals surface area contributed by atoms with Crippen LogP contribution in [0.1, 0.15) is 19.8 Å². The van der Waals surface area contributed by atoms with Gasteiger partial charge in [-0.3, -0.25) is 0 Å². The molecule has 1 aromatic rings. The first kappa shape index (κ1) is 16.4. The van der Waals surface area contributed by atoms with Crippen molar-refractivity contribution in [1.29, 1.82) is 0 Å². The number of benzene rings is 1. The zero-order valence-electron chi connectivity index (χ0n) is 11.9. The van der Waals surface area contributed by atoms with E-state index in [1.54, 1.807) is 11.8 Å². The molecule has 0 aromatic heterocycles. The predicted octanol–water partition coefficient (Wildman–Crippen LogP) is 4.16. The molecule has 20 heavy (non-hydrogen) atoms. The topological polar surface area (TPSA) is 15.3 Å². The van der Waals surface area contributed by atoms with Crippen LogP contribution >= 0.6 is 35.0 Å². The molecule has 0 aliphatic carbocycles. The molecule has 1 N–H and O–H groups in total. The fraction of sp³-hybridized carbons (Fsp3) is 0.600. The maximum absolute atomic E-state index is 6.18. The maximum atomic E-state index is 6.18. The Hall–Kier alpha value is 0.0700. The van der Waals surface area contributed by atoms with Gasteiger partial charge in [-0.05, 0) is 44.1 Å². The third-order valence-electron chi connectivity index (χ3n) is 3.65. The number of nitrogens with one attached hydrogen (secondary N) is 1. The van der Waals surface area contributed by atoms with Gasteiger partial charge in [-0.25, -0.2) is 0 Å². The van der Waals surface area contributed by atoms with Gasteiger partial charge >= 0.3 is 0 Å². The smallest absolute Gasteiger partial charge is 0.0542 e. The van der Waals surface area contributed by atoms with Crippen LogP contribution in [-0.4, -0.2) is 42.9 Å². The lowest BCUT2D eigenvalue weighted by atomic mass is 10.2. The second kappa shape index (κ2) is 8.50. The molecule has 1 fully saturated rings. The van der Waals surface area contributed by atoms with Crippen molar-refractivity contribution in [2.75, 3.05) is 31.9 Å². The molecule has 0 spiro atoms. The molecule has 5 heteroatoms. The van der Waals surface area contributed by atoms with E-state index in [0.29, 0.717) is 6.04 Å². The van der Waals surface area contributed by atoms with Crippen LogP contribution in [-0.2, 0) is 0 Å². The van der Waals surface area contributed by atoms with Gasteiger partial charge in [0.1, 0.15) is 0 Å². The monoisotopic (exact) mass is 332 g/mol. The van der Waals surface area contributed by atoms with Crippen molar-refractivity contribution in [1.82, 2.24) is 10.2 Å². The van der Waals surface area contributed by atoms with E-state index < -0.39 is 0 Å². The zero-order chi connectivity index (χ0) is 14.4. The summed E-state index contributed by atoms with van der Waals surface area (Å²) in [7, 11) is 0. The van der Waals surface area contributed by atoms with Crippen molar-refractivity contribution in [3.63, 3.8) is 0 Å². The quantitative estimate of drug-likeness (QED) is 0.755. The highest BCUT2D eigenvalue weighted by Gasteiger charge is 2.16. The van der Waals surface area contributed by atoms with E-state index >= 15 is 0 Å². The van der Waals surface area contributed by atoms with Crippen LogP contribution in [0.3, 0.4) is 0 Å². The first-order valence-corrected chi connectivity index (χ1v) is 8.96. The Labute approximate surface area is 136 Å². The first-order valence-electron chi connectivity index (χ1n) is 7.22. The van der Waals surface area contributed by atoms with Gasteiger partial charge in [0.05, 0.1) is 5.02 Å². The maximum Gasteiger partial charge on any atom is 0.0542 e. The van der Waals surface area contributed by atoms with Gasteiger partial charge in [-0.1, -0.05) is 30.1 Å². The summed E-state index contributed by atoms with van der Waals surface area (Å²) in [4.78, 5) is 3.59. The van der Waals surface area contributed by atoms with Gasteiger partial charge in [0.2, 0.25) is 0 Å². The summed E-state index contributed by atoms with van der Waals surface area (Å²) < 4.78 is 0. The van der Waals surface area contributed by atoms with Gasteiger partial charge in [-0.2, -0.15) is 0 Å². The van der Waals surface area contributed by atoms with Crippen molar-refractivity contribution in [3.8, 4) is 0 Å². The highest BCUT2D eigenvalue weighted by molar-refractivity contribution is 7.99. The fourth-order valence-electron chi connectivity index (χ4n) is 2.48. The first-order chi connectivity index (χ1) is 9.69. The number of hydrogen-bond acceptors (Lipinski definition) is 3. The van der Waals surface area contributed by atoms with Crippen molar-refractivity contribution in [2.24, 2.45) is 0 Å². The van der Waals surface area contributed by atoms with E-state index in [2.05, 4.69) is 17.1 Å². The lowest BCUT2D eigenvalue weighted by molar-refractivity contribution is 0.276. The molecule has 2 rings (SSSR count).